The fraction of sp³-hybridized carbons (Fsp3) is 0.667. The third-order valence-corrected chi connectivity index (χ3v) is 2.10. The van der Waals surface area contributed by atoms with Gasteiger partial charge in [0.05, 0.1) is 13.2 Å². The zero-order valence-corrected chi connectivity index (χ0v) is 12.2. The minimum atomic E-state index is -0.555. The highest BCUT2D eigenvalue weighted by Crippen LogP contribution is 2.09. The monoisotopic (exact) mass is 306 g/mol. The van der Waals surface area contributed by atoms with Crippen molar-refractivity contribution in [1.29, 1.82) is 0 Å². The molecule has 5 heteroatoms. The number of rotatable bonds is 6. The molecule has 0 bridgehead atoms. The first-order valence-corrected chi connectivity index (χ1v) is 6.33. The molecule has 0 aliphatic rings. The molecule has 0 spiro atoms. The van der Waals surface area contributed by atoms with Crippen LogP contribution in [0, 0.1) is 11.8 Å². The smallest absolute Gasteiger partial charge is 0.345 e. The second kappa shape index (κ2) is 8.28. The van der Waals surface area contributed by atoms with Crippen LogP contribution in [0.15, 0.2) is 10.6 Å². The molecule has 0 rings (SSSR count). The van der Waals surface area contributed by atoms with Gasteiger partial charge in [-0.25, -0.2) is 9.59 Å². The van der Waals surface area contributed by atoms with Crippen LogP contribution in [0.5, 0.6) is 0 Å². The van der Waals surface area contributed by atoms with Gasteiger partial charge in [0.25, 0.3) is 0 Å². The Morgan fingerprint density at radius 2 is 1.53 bits per heavy atom. The van der Waals surface area contributed by atoms with Crippen LogP contribution in [-0.2, 0) is 19.1 Å². The van der Waals surface area contributed by atoms with Gasteiger partial charge in [-0.3, -0.25) is 0 Å². The van der Waals surface area contributed by atoms with Crippen LogP contribution in [0.2, 0.25) is 0 Å². The van der Waals surface area contributed by atoms with E-state index in [2.05, 4.69) is 15.9 Å². The molecule has 98 valence electrons. The highest BCUT2D eigenvalue weighted by atomic mass is 79.9. The first-order chi connectivity index (χ1) is 7.82. The molecular weight excluding hydrogens is 288 g/mol. The number of hydrogen-bond donors (Lipinski definition) is 0. The van der Waals surface area contributed by atoms with E-state index in [0.29, 0.717) is 13.2 Å². The lowest BCUT2D eigenvalue weighted by molar-refractivity contribution is -0.141. The molecule has 0 heterocycles. The Kier molecular flexibility index (Phi) is 7.87. The number of carbonyl (C=O) groups excluding carboxylic acids is 2. The lowest BCUT2D eigenvalue weighted by Gasteiger charge is -2.07. The van der Waals surface area contributed by atoms with Crippen molar-refractivity contribution in [2.24, 2.45) is 11.8 Å². The summed E-state index contributed by atoms with van der Waals surface area (Å²) in [6, 6.07) is 0. The predicted molar refractivity (Wildman–Crippen MR) is 68.6 cm³/mol. The van der Waals surface area contributed by atoms with Gasteiger partial charge in [0.2, 0.25) is 0 Å². The molecule has 0 amide bonds. The van der Waals surface area contributed by atoms with Crippen LogP contribution in [-0.4, -0.2) is 25.2 Å². The summed E-state index contributed by atoms with van der Waals surface area (Å²) in [4.78, 5) is 22.6. The fourth-order valence-corrected chi connectivity index (χ4v) is 1.07. The maximum atomic E-state index is 11.4. The van der Waals surface area contributed by atoms with Crippen molar-refractivity contribution in [1.82, 2.24) is 0 Å². The normalized spacial score (nSPS) is 11.8. The maximum absolute atomic E-state index is 11.4. The maximum Gasteiger partial charge on any atom is 0.345 e. The van der Waals surface area contributed by atoms with E-state index in [9.17, 15) is 9.59 Å². The quantitative estimate of drug-likeness (QED) is 0.559. The molecule has 0 saturated carbocycles. The first kappa shape index (κ1) is 16.2. The van der Waals surface area contributed by atoms with Crippen LogP contribution < -0.4 is 0 Å². The summed E-state index contributed by atoms with van der Waals surface area (Å²) in [7, 11) is 0. The number of ether oxygens (including phenoxy) is 2. The van der Waals surface area contributed by atoms with Gasteiger partial charge in [0.1, 0.15) is 4.48 Å². The van der Waals surface area contributed by atoms with E-state index >= 15 is 0 Å². The predicted octanol–water partition coefficient (Wildman–Crippen LogP) is 2.66. The Morgan fingerprint density at radius 3 is 2.00 bits per heavy atom. The molecule has 0 aliphatic carbocycles. The van der Waals surface area contributed by atoms with E-state index in [1.165, 1.54) is 0 Å². The third kappa shape index (κ3) is 8.92. The summed E-state index contributed by atoms with van der Waals surface area (Å²) in [5, 5.41) is 0. The van der Waals surface area contributed by atoms with E-state index in [1.807, 2.05) is 27.7 Å². The molecule has 4 nitrogen and oxygen atoms in total. The minimum Gasteiger partial charge on any atom is -0.462 e. The molecule has 0 aliphatic heterocycles. The molecule has 0 aromatic heterocycles. The lowest BCUT2D eigenvalue weighted by atomic mass is 10.2. The van der Waals surface area contributed by atoms with Crippen LogP contribution in [0.4, 0.5) is 0 Å². The molecule has 0 saturated heterocycles. The molecule has 0 unspecified atom stereocenters. The van der Waals surface area contributed by atoms with E-state index < -0.39 is 11.9 Å². The summed E-state index contributed by atoms with van der Waals surface area (Å²) >= 11 is 2.99. The van der Waals surface area contributed by atoms with Gasteiger partial charge >= 0.3 is 11.9 Å². The van der Waals surface area contributed by atoms with Gasteiger partial charge < -0.3 is 9.47 Å². The summed E-state index contributed by atoms with van der Waals surface area (Å²) in [6.45, 7) is 8.38. The summed E-state index contributed by atoms with van der Waals surface area (Å²) in [5.41, 5.74) is 0. The van der Waals surface area contributed by atoms with Gasteiger partial charge in [0, 0.05) is 6.08 Å². The largest absolute Gasteiger partial charge is 0.462 e. The summed E-state index contributed by atoms with van der Waals surface area (Å²) in [6.07, 6.45) is 1.09. The number of esters is 2. The highest BCUT2D eigenvalue weighted by Gasteiger charge is 2.11. The number of hydrogen-bond acceptors (Lipinski definition) is 4. The van der Waals surface area contributed by atoms with Gasteiger partial charge in [-0.05, 0) is 27.8 Å². The molecule has 0 N–H and O–H groups in total. The Hall–Kier alpha value is -0.840. The topological polar surface area (TPSA) is 52.6 Å². The van der Waals surface area contributed by atoms with Gasteiger partial charge in [-0.15, -0.1) is 0 Å². The van der Waals surface area contributed by atoms with E-state index in [0.717, 1.165) is 6.08 Å². The second-order valence-electron chi connectivity index (χ2n) is 4.51. The Bertz CT molecular complexity index is 295. The van der Waals surface area contributed by atoms with Crippen molar-refractivity contribution >= 4 is 27.9 Å². The number of halogens is 1. The van der Waals surface area contributed by atoms with Crippen molar-refractivity contribution in [2.75, 3.05) is 13.2 Å². The average Bonchev–Trinajstić information content (AvgIpc) is 2.22. The van der Waals surface area contributed by atoms with Crippen LogP contribution in [0.1, 0.15) is 27.7 Å². The van der Waals surface area contributed by atoms with Gasteiger partial charge in [0.15, 0.2) is 0 Å². The van der Waals surface area contributed by atoms with Gasteiger partial charge in [-0.1, -0.05) is 27.7 Å². The SMILES string of the molecule is CC(C)COC(=O)C=C(Br)C(=O)OCC(C)C. The molecule has 0 aromatic rings. The first-order valence-electron chi connectivity index (χ1n) is 5.54. The zero-order chi connectivity index (χ0) is 13.4. The summed E-state index contributed by atoms with van der Waals surface area (Å²) in [5.74, 6) is -0.585. The second-order valence-corrected chi connectivity index (χ2v) is 5.36. The molecule has 0 fully saturated rings. The van der Waals surface area contributed by atoms with Crippen molar-refractivity contribution in [3.63, 3.8) is 0 Å². The molecule has 0 atom stereocenters. The van der Waals surface area contributed by atoms with E-state index in [4.69, 9.17) is 9.47 Å². The van der Waals surface area contributed by atoms with E-state index in [-0.39, 0.29) is 16.3 Å². The van der Waals surface area contributed by atoms with Crippen LogP contribution >= 0.6 is 15.9 Å². The standard InChI is InChI=1S/C12H19BrO4/c1-8(2)6-16-11(14)5-10(13)12(15)17-7-9(3)4/h5,8-9H,6-7H2,1-4H3. The molecule has 0 aromatic carbocycles. The summed E-state index contributed by atoms with van der Waals surface area (Å²) < 4.78 is 9.90. The molecule has 0 radical (unpaired) electrons. The highest BCUT2D eigenvalue weighted by molar-refractivity contribution is 9.12. The fourth-order valence-electron chi connectivity index (χ4n) is 0.764. The minimum absolute atomic E-state index is 0.0758. The lowest BCUT2D eigenvalue weighted by Crippen LogP contribution is -2.12. The Labute approximate surface area is 110 Å². The Morgan fingerprint density at radius 1 is 1.06 bits per heavy atom. The zero-order valence-electron chi connectivity index (χ0n) is 10.7. The number of carbonyl (C=O) groups is 2. The third-order valence-electron chi connectivity index (χ3n) is 1.55. The van der Waals surface area contributed by atoms with Gasteiger partial charge in [-0.2, -0.15) is 0 Å². The van der Waals surface area contributed by atoms with Crippen molar-refractivity contribution in [2.45, 2.75) is 27.7 Å². The van der Waals surface area contributed by atoms with Crippen LogP contribution in [0.3, 0.4) is 0 Å². The van der Waals surface area contributed by atoms with Crippen LogP contribution in [0.25, 0.3) is 0 Å². The van der Waals surface area contributed by atoms with Crippen molar-refractivity contribution in [3.8, 4) is 0 Å². The van der Waals surface area contributed by atoms with Crippen molar-refractivity contribution in [3.05, 3.63) is 10.6 Å². The van der Waals surface area contributed by atoms with Crippen molar-refractivity contribution < 1.29 is 19.1 Å². The van der Waals surface area contributed by atoms with E-state index in [1.54, 1.807) is 0 Å². The Balaban J connectivity index is 4.14. The average molecular weight is 307 g/mol. The molecular formula is C12H19BrO4. The molecule has 17 heavy (non-hydrogen) atoms.